The van der Waals surface area contributed by atoms with E-state index >= 15 is 0 Å². The van der Waals surface area contributed by atoms with Crippen molar-refractivity contribution in [2.75, 3.05) is 18.1 Å². The summed E-state index contributed by atoms with van der Waals surface area (Å²) in [5, 5.41) is 12.1. The lowest BCUT2D eigenvalue weighted by Gasteiger charge is -2.26. The van der Waals surface area contributed by atoms with Gasteiger partial charge in [0, 0.05) is 11.3 Å². The van der Waals surface area contributed by atoms with E-state index in [4.69, 9.17) is 4.74 Å². The van der Waals surface area contributed by atoms with Crippen molar-refractivity contribution in [3.05, 3.63) is 29.8 Å². The Morgan fingerprint density at radius 2 is 2.20 bits per heavy atom. The molecular weight excluding hydrogens is 278 g/mol. The van der Waals surface area contributed by atoms with Crippen molar-refractivity contribution in [1.29, 1.82) is 0 Å². The number of hydrogen-bond acceptors (Lipinski definition) is 4. The number of rotatable bonds is 3. The maximum absolute atomic E-state index is 12.4. The molecule has 20 heavy (non-hydrogen) atoms. The molecule has 0 spiro atoms. The predicted molar refractivity (Wildman–Crippen MR) is 75.1 cm³/mol. The van der Waals surface area contributed by atoms with Crippen LogP contribution in [0.5, 0.6) is 5.75 Å². The highest BCUT2D eigenvalue weighted by atomic mass is 32.2. The van der Waals surface area contributed by atoms with E-state index in [1.807, 2.05) is 24.3 Å². The zero-order valence-corrected chi connectivity index (χ0v) is 11.6. The summed E-state index contributed by atoms with van der Waals surface area (Å²) in [5.41, 5.74) is -0.296. The second-order valence-electron chi connectivity index (χ2n) is 5.08. The summed E-state index contributed by atoms with van der Waals surface area (Å²) < 4.78 is 5.48. The van der Waals surface area contributed by atoms with E-state index in [1.54, 1.807) is 11.8 Å². The molecule has 2 unspecified atom stereocenters. The summed E-state index contributed by atoms with van der Waals surface area (Å²) in [5.74, 6) is 0.238. The third-order valence-electron chi connectivity index (χ3n) is 3.81. The average Bonchev–Trinajstić information content (AvgIpc) is 3.05. The van der Waals surface area contributed by atoms with Gasteiger partial charge in [0.1, 0.15) is 23.8 Å². The predicted octanol–water partition coefficient (Wildman–Crippen LogP) is 1.24. The number of nitrogens with one attached hydrogen (secondary N) is 1. The first kappa shape index (κ1) is 13.3. The number of carbonyl (C=O) groups is 2. The summed E-state index contributed by atoms with van der Waals surface area (Å²) in [6.07, 6.45) is 0.466. The van der Waals surface area contributed by atoms with E-state index in [-0.39, 0.29) is 12.5 Å². The normalized spacial score (nSPS) is 27.7. The van der Waals surface area contributed by atoms with Gasteiger partial charge in [-0.3, -0.25) is 4.79 Å². The standard InChI is InChI=1S/C14H15NO4S/c16-12(15-14(13(17)18)5-6-20-8-14)10-7-19-11-4-2-1-3-9(10)11/h1-4,10H,5-8H2,(H,15,16)(H,17,18). The molecular formula is C14H15NO4S. The van der Waals surface area contributed by atoms with Crippen LogP contribution >= 0.6 is 11.8 Å². The van der Waals surface area contributed by atoms with Gasteiger partial charge < -0.3 is 15.2 Å². The SMILES string of the molecule is O=C(NC1(C(=O)O)CCSC1)C1COc2ccccc21. The van der Waals surface area contributed by atoms with Gasteiger partial charge in [0.25, 0.3) is 0 Å². The van der Waals surface area contributed by atoms with Crippen LogP contribution in [-0.2, 0) is 9.59 Å². The van der Waals surface area contributed by atoms with Crippen LogP contribution in [0.4, 0.5) is 0 Å². The quantitative estimate of drug-likeness (QED) is 0.877. The summed E-state index contributed by atoms with van der Waals surface area (Å²) in [4.78, 5) is 23.9. The van der Waals surface area contributed by atoms with Crippen LogP contribution in [-0.4, -0.2) is 40.6 Å². The van der Waals surface area contributed by atoms with Crippen molar-refractivity contribution in [1.82, 2.24) is 5.32 Å². The minimum Gasteiger partial charge on any atom is -0.492 e. The fourth-order valence-corrected chi connectivity index (χ4v) is 3.91. The Kier molecular flexibility index (Phi) is 3.33. The van der Waals surface area contributed by atoms with Crippen LogP contribution in [0.3, 0.4) is 0 Å². The summed E-state index contributed by atoms with van der Waals surface area (Å²) >= 11 is 1.55. The number of carbonyl (C=O) groups excluding carboxylic acids is 1. The first-order valence-corrected chi connectivity index (χ1v) is 7.63. The van der Waals surface area contributed by atoms with E-state index in [0.29, 0.717) is 17.9 Å². The monoisotopic (exact) mass is 293 g/mol. The maximum atomic E-state index is 12.4. The maximum Gasteiger partial charge on any atom is 0.330 e. The number of hydrogen-bond donors (Lipinski definition) is 2. The van der Waals surface area contributed by atoms with Crippen LogP contribution < -0.4 is 10.1 Å². The molecule has 1 aromatic carbocycles. The Bertz CT molecular complexity index is 554. The largest absolute Gasteiger partial charge is 0.492 e. The zero-order chi connectivity index (χ0) is 14.2. The summed E-state index contributed by atoms with van der Waals surface area (Å²) in [7, 11) is 0. The lowest BCUT2D eigenvalue weighted by molar-refractivity contribution is -0.146. The Morgan fingerprint density at radius 3 is 2.90 bits per heavy atom. The van der Waals surface area contributed by atoms with Crippen LogP contribution in [0, 0.1) is 0 Å². The number of fused-ring (bicyclic) bond motifs is 1. The van der Waals surface area contributed by atoms with Crippen molar-refractivity contribution in [3.8, 4) is 5.75 Å². The first-order chi connectivity index (χ1) is 9.62. The Balaban J connectivity index is 1.79. The highest BCUT2D eigenvalue weighted by Crippen LogP contribution is 2.35. The summed E-state index contributed by atoms with van der Waals surface area (Å²) in [6, 6.07) is 7.38. The Hall–Kier alpha value is -1.69. The zero-order valence-electron chi connectivity index (χ0n) is 10.8. The molecule has 0 radical (unpaired) electrons. The van der Waals surface area contributed by atoms with Gasteiger partial charge in [-0.1, -0.05) is 18.2 Å². The number of aliphatic carboxylic acids is 1. The number of amides is 1. The van der Waals surface area contributed by atoms with Gasteiger partial charge >= 0.3 is 5.97 Å². The van der Waals surface area contributed by atoms with Gasteiger partial charge in [-0.15, -0.1) is 0 Å². The molecule has 1 saturated heterocycles. The molecule has 2 aliphatic heterocycles. The minimum atomic E-state index is -1.13. The number of carboxylic acid groups (broad SMARTS) is 1. The number of ether oxygens (including phenoxy) is 1. The lowest BCUT2D eigenvalue weighted by Crippen LogP contribution is -2.56. The van der Waals surface area contributed by atoms with Gasteiger partial charge in [-0.25, -0.2) is 4.79 Å². The van der Waals surface area contributed by atoms with E-state index in [0.717, 1.165) is 11.3 Å². The molecule has 2 atom stereocenters. The molecule has 106 valence electrons. The Labute approximate surface area is 120 Å². The second kappa shape index (κ2) is 5.01. The lowest BCUT2D eigenvalue weighted by atomic mass is 9.95. The molecule has 0 aliphatic carbocycles. The van der Waals surface area contributed by atoms with E-state index < -0.39 is 17.4 Å². The average molecular weight is 293 g/mol. The van der Waals surface area contributed by atoms with E-state index in [2.05, 4.69) is 5.32 Å². The smallest absolute Gasteiger partial charge is 0.330 e. The highest BCUT2D eigenvalue weighted by molar-refractivity contribution is 7.99. The molecule has 0 saturated carbocycles. The number of para-hydroxylation sites is 1. The topological polar surface area (TPSA) is 75.6 Å². The number of benzene rings is 1. The fraction of sp³-hybridized carbons (Fsp3) is 0.429. The minimum absolute atomic E-state index is 0.264. The summed E-state index contributed by atoms with van der Waals surface area (Å²) in [6.45, 7) is 0.272. The molecule has 1 amide bonds. The molecule has 2 heterocycles. The third-order valence-corrected chi connectivity index (χ3v) is 5.00. The van der Waals surface area contributed by atoms with Crippen LogP contribution in [0.1, 0.15) is 17.9 Å². The second-order valence-corrected chi connectivity index (χ2v) is 6.19. The van der Waals surface area contributed by atoms with Crippen molar-refractivity contribution in [3.63, 3.8) is 0 Å². The third kappa shape index (κ3) is 2.14. The van der Waals surface area contributed by atoms with Gasteiger partial charge in [-0.05, 0) is 18.2 Å². The fourth-order valence-electron chi connectivity index (χ4n) is 2.59. The van der Waals surface area contributed by atoms with E-state index in [1.165, 1.54) is 0 Å². The van der Waals surface area contributed by atoms with Gasteiger partial charge in [0.2, 0.25) is 5.91 Å². The highest BCUT2D eigenvalue weighted by Gasteiger charge is 2.45. The van der Waals surface area contributed by atoms with Crippen molar-refractivity contribution in [2.24, 2.45) is 0 Å². The Morgan fingerprint density at radius 1 is 1.40 bits per heavy atom. The first-order valence-electron chi connectivity index (χ1n) is 6.47. The molecule has 5 nitrogen and oxygen atoms in total. The molecule has 0 bridgehead atoms. The molecule has 6 heteroatoms. The van der Waals surface area contributed by atoms with Crippen LogP contribution in [0.25, 0.3) is 0 Å². The molecule has 2 aliphatic rings. The molecule has 1 fully saturated rings. The van der Waals surface area contributed by atoms with Crippen molar-refractivity contribution >= 4 is 23.6 Å². The van der Waals surface area contributed by atoms with E-state index in [9.17, 15) is 14.7 Å². The van der Waals surface area contributed by atoms with Crippen molar-refractivity contribution in [2.45, 2.75) is 17.9 Å². The molecule has 0 aromatic heterocycles. The van der Waals surface area contributed by atoms with Crippen LogP contribution in [0.15, 0.2) is 24.3 Å². The van der Waals surface area contributed by atoms with Gasteiger partial charge in [-0.2, -0.15) is 11.8 Å². The molecule has 3 rings (SSSR count). The number of carboxylic acids is 1. The van der Waals surface area contributed by atoms with Crippen LogP contribution in [0.2, 0.25) is 0 Å². The number of thioether (sulfide) groups is 1. The van der Waals surface area contributed by atoms with Crippen molar-refractivity contribution < 1.29 is 19.4 Å². The van der Waals surface area contributed by atoms with Gasteiger partial charge in [0.15, 0.2) is 0 Å². The van der Waals surface area contributed by atoms with Gasteiger partial charge in [0.05, 0.1) is 0 Å². The molecule has 2 N–H and O–H groups in total. The molecule has 1 aromatic rings.